The van der Waals surface area contributed by atoms with E-state index in [2.05, 4.69) is 25.9 Å². The van der Waals surface area contributed by atoms with Crippen molar-refractivity contribution in [1.82, 2.24) is 14.5 Å². The highest BCUT2D eigenvalue weighted by atomic mass is 79.9. The standard InChI is InChI=1S/C14H8BrCl2N3O/c15-11-5-10-12(16)18-14(17)19-13(10)20(11)6-8-1-3-9(7-21)4-2-8/h1-5,7H,6H2. The molecule has 21 heavy (non-hydrogen) atoms. The number of nitrogens with zero attached hydrogens (tertiary/aromatic N) is 3. The van der Waals surface area contributed by atoms with Crippen LogP contribution in [0.15, 0.2) is 34.9 Å². The molecule has 0 saturated carbocycles. The van der Waals surface area contributed by atoms with Crippen LogP contribution >= 0.6 is 39.1 Å². The van der Waals surface area contributed by atoms with Gasteiger partial charge in [-0.1, -0.05) is 35.9 Å². The molecule has 0 N–H and O–H groups in total. The van der Waals surface area contributed by atoms with Gasteiger partial charge in [-0.25, -0.2) is 4.98 Å². The largest absolute Gasteiger partial charge is 0.315 e. The second-order valence-electron chi connectivity index (χ2n) is 4.43. The Balaban J connectivity index is 2.07. The maximum absolute atomic E-state index is 10.7. The van der Waals surface area contributed by atoms with Crippen molar-refractivity contribution in [2.75, 3.05) is 0 Å². The first-order valence-electron chi connectivity index (χ1n) is 6.00. The second kappa shape index (κ2) is 5.75. The Morgan fingerprint density at radius 1 is 1.19 bits per heavy atom. The minimum atomic E-state index is 0.107. The number of hydrogen-bond acceptors (Lipinski definition) is 3. The molecule has 2 heterocycles. The molecule has 2 aromatic heterocycles. The van der Waals surface area contributed by atoms with Gasteiger partial charge in [-0.3, -0.25) is 4.79 Å². The van der Waals surface area contributed by atoms with Crippen molar-refractivity contribution in [2.45, 2.75) is 6.54 Å². The average Bonchev–Trinajstić information content (AvgIpc) is 2.77. The maximum atomic E-state index is 10.7. The summed E-state index contributed by atoms with van der Waals surface area (Å²) >= 11 is 15.4. The molecule has 0 aliphatic rings. The lowest BCUT2D eigenvalue weighted by atomic mass is 10.1. The van der Waals surface area contributed by atoms with E-state index in [0.717, 1.165) is 21.8 Å². The topological polar surface area (TPSA) is 47.8 Å². The van der Waals surface area contributed by atoms with Crippen LogP contribution in [0, 0.1) is 0 Å². The Morgan fingerprint density at radius 2 is 1.90 bits per heavy atom. The Kier molecular flexibility index (Phi) is 3.97. The summed E-state index contributed by atoms with van der Waals surface area (Å²) in [6, 6.07) is 9.19. The molecular weight excluding hydrogens is 377 g/mol. The summed E-state index contributed by atoms with van der Waals surface area (Å²) in [5, 5.41) is 1.16. The lowest BCUT2D eigenvalue weighted by Crippen LogP contribution is -2.01. The van der Waals surface area contributed by atoms with Gasteiger partial charge in [0.25, 0.3) is 0 Å². The summed E-state index contributed by atoms with van der Waals surface area (Å²) in [7, 11) is 0. The zero-order valence-electron chi connectivity index (χ0n) is 10.6. The molecule has 3 aromatic rings. The van der Waals surface area contributed by atoms with Gasteiger partial charge in [0.2, 0.25) is 5.28 Å². The van der Waals surface area contributed by atoms with Gasteiger partial charge < -0.3 is 4.57 Å². The number of aldehydes is 1. The van der Waals surface area contributed by atoms with Gasteiger partial charge in [0.15, 0.2) is 0 Å². The molecular formula is C14H8BrCl2N3O. The van der Waals surface area contributed by atoms with E-state index in [4.69, 9.17) is 23.2 Å². The molecule has 0 fully saturated rings. The van der Waals surface area contributed by atoms with Crippen LogP contribution in [0.2, 0.25) is 10.4 Å². The molecule has 0 amide bonds. The molecule has 3 rings (SSSR count). The number of carbonyl (C=O) groups excluding carboxylic acids is 1. The van der Waals surface area contributed by atoms with Gasteiger partial charge in [-0.05, 0) is 39.2 Å². The van der Waals surface area contributed by atoms with Crippen LogP contribution in [0.3, 0.4) is 0 Å². The Labute approximate surface area is 138 Å². The van der Waals surface area contributed by atoms with Crippen LogP contribution in [-0.4, -0.2) is 20.8 Å². The number of halogens is 3. The van der Waals surface area contributed by atoms with Gasteiger partial charge in [0.1, 0.15) is 17.1 Å². The predicted molar refractivity (Wildman–Crippen MR) is 86.2 cm³/mol. The lowest BCUT2D eigenvalue weighted by molar-refractivity contribution is 0.112. The summed E-state index contributed by atoms with van der Waals surface area (Å²) in [6.45, 7) is 0.576. The highest BCUT2D eigenvalue weighted by molar-refractivity contribution is 9.10. The van der Waals surface area contributed by atoms with E-state index in [9.17, 15) is 4.79 Å². The number of carbonyl (C=O) groups is 1. The molecule has 4 nitrogen and oxygen atoms in total. The highest BCUT2D eigenvalue weighted by Gasteiger charge is 2.13. The van der Waals surface area contributed by atoms with Crippen molar-refractivity contribution < 1.29 is 4.79 Å². The molecule has 7 heteroatoms. The average molecular weight is 385 g/mol. The minimum Gasteiger partial charge on any atom is -0.315 e. The van der Waals surface area contributed by atoms with Crippen LogP contribution in [0.25, 0.3) is 11.0 Å². The fraction of sp³-hybridized carbons (Fsp3) is 0.0714. The first-order valence-corrected chi connectivity index (χ1v) is 7.55. The molecule has 1 aromatic carbocycles. The maximum Gasteiger partial charge on any atom is 0.225 e. The monoisotopic (exact) mass is 383 g/mol. The Bertz CT molecular complexity index is 830. The second-order valence-corrected chi connectivity index (χ2v) is 5.94. The van der Waals surface area contributed by atoms with Gasteiger partial charge in [-0.2, -0.15) is 4.98 Å². The molecule has 0 saturated heterocycles. The van der Waals surface area contributed by atoms with Crippen molar-refractivity contribution in [2.24, 2.45) is 0 Å². The zero-order chi connectivity index (χ0) is 15.0. The normalized spacial score (nSPS) is 11.0. The van der Waals surface area contributed by atoms with Crippen LogP contribution in [0.5, 0.6) is 0 Å². The van der Waals surface area contributed by atoms with E-state index in [1.165, 1.54) is 0 Å². The molecule has 106 valence electrons. The first-order chi connectivity index (χ1) is 10.1. The number of aromatic nitrogens is 3. The van der Waals surface area contributed by atoms with E-state index in [1.54, 1.807) is 12.1 Å². The highest BCUT2D eigenvalue weighted by Crippen LogP contribution is 2.29. The van der Waals surface area contributed by atoms with Gasteiger partial charge in [0, 0.05) is 5.56 Å². The Hall–Kier alpha value is -1.43. The molecule has 0 unspecified atom stereocenters. The molecule has 0 spiro atoms. The van der Waals surface area contributed by atoms with Crippen LogP contribution in [0.4, 0.5) is 0 Å². The fourth-order valence-electron chi connectivity index (χ4n) is 2.07. The van der Waals surface area contributed by atoms with Crippen LogP contribution in [-0.2, 0) is 6.54 Å². The van der Waals surface area contributed by atoms with Crippen molar-refractivity contribution in [3.8, 4) is 0 Å². The minimum absolute atomic E-state index is 0.107. The molecule has 0 aliphatic heterocycles. The van der Waals surface area contributed by atoms with Crippen molar-refractivity contribution in [1.29, 1.82) is 0 Å². The number of benzene rings is 1. The van der Waals surface area contributed by atoms with Gasteiger partial charge in [0.05, 0.1) is 16.5 Å². The summed E-state index contributed by atoms with van der Waals surface area (Å²) in [4.78, 5) is 18.8. The van der Waals surface area contributed by atoms with Crippen LogP contribution in [0.1, 0.15) is 15.9 Å². The summed E-state index contributed by atoms with van der Waals surface area (Å²) in [5.41, 5.74) is 2.33. The smallest absolute Gasteiger partial charge is 0.225 e. The summed E-state index contributed by atoms with van der Waals surface area (Å²) < 4.78 is 2.76. The number of rotatable bonds is 3. The van der Waals surface area contributed by atoms with Gasteiger partial charge in [-0.15, -0.1) is 0 Å². The zero-order valence-corrected chi connectivity index (χ0v) is 13.7. The number of hydrogen-bond donors (Lipinski definition) is 0. The van der Waals surface area contributed by atoms with Crippen molar-refractivity contribution in [3.05, 3.63) is 56.5 Å². The number of fused-ring (bicyclic) bond motifs is 1. The van der Waals surface area contributed by atoms with Crippen LogP contribution < -0.4 is 0 Å². The van der Waals surface area contributed by atoms with E-state index < -0.39 is 0 Å². The Morgan fingerprint density at radius 3 is 2.57 bits per heavy atom. The summed E-state index contributed by atoms with van der Waals surface area (Å²) in [6.07, 6.45) is 0.817. The molecule has 0 atom stereocenters. The molecule has 0 aliphatic carbocycles. The third-order valence-corrected chi connectivity index (χ3v) is 4.20. The summed E-state index contributed by atoms with van der Waals surface area (Å²) in [5.74, 6) is 0. The third kappa shape index (κ3) is 2.81. The molecule has 0 radical (unpaired) electrons. The quantitative estimate of drug-likeness (QED) is 0.383. The third-order valence-electron chi connectivity index (χ3n) is 3.09. The fourth-order valence-corrected chi connectivity index (χ4v) is 3.02. The van der Waals surface area contributed by atoms with Gasteiger partial charge >= 0.3 is 0 Å². The predicted octanol–water partition coefficient (Wildman–Crippen LogP) is 4.36. The SMILES string of the molecule is O=Cc1ccc(Cn2c(Br)cc3c(Cl)nc(Cl)nc32)cc1. The van der Waals surface area contributed by atoms with E-state index in [-0.39, 0.29) is 5.28 Å². The van der Waals surface area contributed by atoms with E-state index >= 15 is 0 Å². The lowest BCUT2D eigenvalue weighted by Gasteiger charge is -2.07. The van der Waals surface area contributed by atoms with Crippen molar-refractivity contribution in [3.63, 3.8) is 0 Å². The van der Waals surface area contributed by atoms with E-state index in [1.807, 2.05) is 22.8 Å². The first kappa shape index (κ1) is 14.5. The van der Waals surface area contributed by atoms with E-state index in [0.29, 0.717) is 22.9 Å². The molecule has 0 bridgehead atoms. The van der Waals surface area contributed by atoms with Crippen molar-refractivity contribution >= 4 is 56.5 Å².